The molecule has 1 rings (SSSR count). The van der Waals surface area contributed by atoms with E-state index in [2.05, 4.69) is 12.2 Å². The van der Waals surface area contributed by atoms with E-state index in [-0.39, 0.29) is 12.1 Å². The normalized spacial score (nSPS) is 19.1. The molecule has 1 aliphatic heterocycles. The van der Waals surface area contributed by atoms with Gasteiger partial charge in [0.25, 0.3) is 0 Å². The number of hydrogen-bond donors (Lipinski definition) is 1. The number of amides is 2. The van der Waals surface area contributed by atoms with Crippen molar-refractivity contribution in [3.8, 4) is 0 Å². The molecule has 1 atom stereocenters. The average Bonchev–Trinajstić information content (AvgIpc) is 2.19. The summed E-state index contributed by atoms with van der Waals surface area (Å²) in [4.78, 5) is 13.5. The Morgan fingerprint density at radius 3 is 2.71 bits per heavy atom. The van der Waals surface area contributed by atoms with Crippen LogP contribution in [0.3, 0.4) is 0 Å². The van der Waals surface area contributed by atoms with Gasteiger partial charge in [-0.15, -0.1) is 0 Å². The molecule has 0 unspecified atom stereocenters. The molecular weight excluding hydrogens is 180 g/mol. The fourth-order valence-corrected chi connectivity index (χ4v) is 1.57. The number of rotatable bonds is 3. The molecule has 0 radical (unpaired) electrons. The molecule has 1 heterocycles. The summed E-state index contributed by atoms with van der Waals surface area (Å²) in [6.45, 7) is 6.92. The summed E-state index contributed by atoms with van der Waals surface area (Å²) in [5.74, 6) is 0. The Labute approximate surface area is 85.6 Å². The maximum Gasteiger partial charge on any atom is 0.317 e. The zero-order valence-electron chi connectivity index (χ0n) is 9.08. The number of morpholine rings is 1. The van der Waals surface area contributed by atoms with Crippen LogP contribution in [0.15, 0.2) is 0 Å². The smallest absolute Gasteiger partial charge is 0.317 e. The summed E-state index contributed by atoms with van der Waals surface area (Å²) in [6.07, 6.45) is 2.14. The Kier molecular flexibility index (Phi) is 4.73. The van der Waals surface area contributed by atoms with Crippen LogP contribution in [0.25, 0.3) is 0 Å². The lowest BCUT2D eigenvalue weighted by Crippen LogP contribution is -2.48. The van der Waals surface area contributed by atoms with Gasteiger partial charge in [0.2, 0.25) is 0 Å². The fraction of sp³-hybridized carbons (Fsp3) is 0.900. The van der Waals surface area contributed by atoms with Crippen LogP contribution in [0.1, 0.15) is 26.7 Å². The maximum atomic E-state index is 11.6. The van der Waals surface area contributed by atoms with Gasteiger partial charge in [-0.1, -0.05) is 13.3 Å². The van der Waals surface area contributed by atoms with E-state index in [9.17, 15) is 4.79 Å². The van der Waals surface area contributed by atoms with Gasteiger partial charge in [-0.2, -0.15) is 0 Å². The highest BCUT2D eigenvalue weighted by Crippen LogP contribution is 2.00. The second kappa shape index (κ2) is 5.86. The Bertz CT molecular complexity index is 179. The minimum Gasteiger partial charge on any atom is -0.378 e. The van der Waals surface area contributed by atoms with Gasteiger partial charge >= 0.3 is 6.03 Å². The van der Waals surface area contributed by atoms with Gasteiger partial charge in [-0.3, -0.25) is 0 Å². The molecule has 0 bridgehead atoms. The van der Waals surface area contributed by atoms with Gasteiger partial charge in [0, 0.05) is 19.1 Å². The molecule has 14 heavy (non-hydrogen) atoms. The van der Waals surface area contributed by atoms with Gasteiger partial charge in [0.1, 0.15) is 0 Å². The lowest BCUT2D eigenvalue weighted by atomic mass is 10.2. The summed E-state index contributed by atoms with van der Waals surface area (Å²) in [5, 5.41) is 2.98. The highest BCUT2D eigenvalue weighted by molar-refractivity contribution is 5.74. The molecule has 82 valence electrons. The van der Waals surface area contributed by atoms with E-state index < -0.39 is 0 Å². The third-order valence-electron chi connectivity index (χ3n) is 2.39. The van der Waals surface area contributed by atoms with Crippen LogP contribution in [0.5, 0.6) is 0 Å². The lowest BCUT2D eigenvalue weighted by molar-refractivity contribution is 0.0525. The van der Waals surface area contributed by atoms with Crippen LogP contribution in [-0.4, -0.2) is 43.3 Å². The largest absolute Gasteiger partial charge is 0.378 e. The van der Waals surface area contributed by atoms with Gasteiger partial charge in [0.05, 0.1) is 13.2 Å². The van der Waals surface area contributed by atoms with Gasteiger partial charge in [-0.25, -0.2) is 4.79 Å². The number of ether oxygens (including phenoxy) is 1. The van der Waals surface area contributed by atoms with Crippen molar-refractivity contribution in [3.05, 3.63) is 0 Å². The monoisotopic (exact) mass is 200 g/mol. The molecule has 0 saturated carbocycles. The first-order valence-corrected chi connectivity index (χ1v) is 5.37. The Morgan fingerprint density at radius 2 is 2.14 bits per heavy atom. The van der Waals surface area contributed by atoms with Crippen molar-refractivity contribution in [2.75, 3.05) is 26.3 Å². The Hall–Kier alpha value is -0.770. The first-order chi connectivity index (χ1) is 6.74. The molecular formula is C10H20N2O2. The van der Waals surface area contributed by atoms with Crippen molar-refractivity contribution in [3.63, 3.8) is 0 Å². The van der Waals surface area contributed by atoms with Crippen LogP contribution >= 0.6 is 0 Å². The van der Waals surface area contributed by atoms with Crippen molar-refractivity contribution in [1.82, 2.24) is 10.2 Å². The van der Waals surface area contributed by atoms with Crippen LogP contribution in [0.2, 0.25) is 0 Å². The highest BCUT2D eigenvalue weighted by atomic mass is 16.5. The number of nitrogens with zero attached hydrogens (tertiary/aromatic N) is 1. The molecule has 0 aromatic rings. The molecule has 0 aromatic heterocycles. The third-order valence-corrected chi connectivity index (χ3v) is 2.39. The minimum atomic E-state index is 0.0502. The van der Waals surface area contributed by atoms with Crippen molar-refractivity contribution in [2.24, 2.45) is 0 Å². The molecule has 0 spiro atoms. The highest BCUT2D eigenvalue weighted by Gasteiger charge is 2.17. The summed E-state index contributed by atoms with van der Waals surface area (Å²) in [5.41, 5.74) is 0. The van der Waals surface area contributed by atoms with E-state index in [4.69, 9.17) is 4.74 Å². The lowest BCUT2D eigenvalue weighted by Gasteiger charge is -2.28. The molecule has 1 fully saturated rings. The zero-order chi connectivity index (χ0) is 10.4. The number of hydrogen-bond acceptors (Lipinski definition) is 2. The zero-order valence-corrected chi connectivity index (χ0v) is 9.08. The first-order valence-electron chi connectivity index (χ1n) is 5.37. The van der Waals surface area contributed by atoms with Crippen molar-refractivity contribution in [1.29, 1.82) is 0 Å². The average molecular weight is 200 g/mol. The van der Waals surface area contributed by atoms with Crippen molar-refractivity contribution >= 4 is 6.03 Å². The minimum absolute atomic E-state index is 0.0502. The van der Waals surface area contributed by atoms with E-state index in [1.165, 1.54) is 0 Å². The number of carbonyl (C=O) groups is 1. The molecule has 0 aromatic carbocycles. The SMILES string of the molecule is CCC[C@H](C)NC(=O)N1CCOCC1. The van der Waals surface area contributed by atoms with Gasteiger partial charge in [0.15, 0.2) is 0 Å². The summed E-state index contributed by atoms with van der Waals surface area (Å²) >= 11 is 0. The molecule has 1 aliphatic rings. The Balaban J connectivity index is 2.25. The van der Waals surface area contributed by atoms with Crippen LogP contribution < -0.4 is 5.32 Å². The maximum absolute atomic E-state index is 11.6. The number of nitrogens with one attached hydrogen (secondary N) is 1. The van der Waals surface area contributed by atoms with Gasteiger partial charge in [-0.05, 0) is 13.3 Å². The standard InChI is InChI=1S/C10H20N2O2/c1-3-4-9(2)11-10(13)12-5-7-14-8-6-12/h9H,3-8H2,1-2H3,(H,11,13)/t9-/m0/s1. The molecule has 4 nitrogen and oxygen atoms in total. The van der Waals surface area contributed by atoms with Crippen LogP contribution in [-0.2, 0) is 4.74 Å². The summed E-state index contributed by atoms with van der Waals surface area (Å²) in [6, 6.07) is 0.324. The second-order valence-corrected chi connectivity index (χ2v) is 3.74. The predicted molar refractivity (Wildman–Crippen MR) is 55.3 cm³/mol. The van der Waals surface area contributed by atoms with E-state index in [0.717, 1.165) is 12.8 Å². The molecule has 1 N–H and O–H groups in total. The van der Waals surface area contributed by atoms with Crippen LogP contribution in [0.4, 0.5) is 4.79 Å². The predicted octanol–water partition coefficient (Wildman–Crippen LogP) is 1.22. The van der Waals surface area contributed by atoms with Crippen molar-refractivity contribution < 1.29 is 9.53 Å². The quantitative estimate of drug-likeness (QED) is 0.744. The second-order valence-electron chi connectivity index (χ2n) is 3.74. The number of carbonyl (C=O) groups excluding carboxylic acids is 1. The van der Waals surface area contributed by atoms with Gasteiger partial charge < -0.3 is 15.0 Å². The van der Waals surface area contributed by atoms with E-state index >= 15 is 0 Å². The molecule has 0 aliphatic carbocycles. The fourth-order valence-electron chi connectivity index (χ4n) is 1.57. The Morgan fingerprint density at radius 1 is 1.50 bits per heavy atom. The molecule has 2 amide bonds. The van der Waals surface area contributed by atoms with E-state index in [1.807, 2.05) is 11.8 Å². The molecule has 4 heteroatoms. The van der Waals surface area contributed by atoms with E-state index in [0.29, 0.717) is 26.3 Å². The third kappa shape index (κ3) is 3.54. The molecule has 1 saturated heterocycles. The van der Waals surface area contributed by atoms with Crippen LogP contribution in [0, 0.1) is 0 Å². The topological polar surface area (TPSA) is 41.6 Å². The summed E-state index contributed by atoms with van der Waals surface area (Å²) in [7, 11) is 0. The summed E-state index contributed by atoms with van der Waals surface area (Å²) < 4.78 is 5.18. The van der Waals surface area contributed by atoms with E-state index in [1.54, 1.807) is 0 Å². The number of urea groups is 1. The van der Waals surface area contributed by atoms with Crippen molar-refractivity contribution in [2.45, 2.75) is 32.7 Å². The first kappa shape index (κ1) is 11.3.